The molecular formula is C18H22BrN3O3S2. The van der Waals surface area contributed by atoms with Crippen molar-refractivity contribution in [2.75, 3.05) is 37.4 Å². The summed E-state index contributed by atoms with van der Waals surface area (Å²) in [4.78, 5) is 15.2. The highest BCUT2D eigenvalue weighted by atomic mass is 79.9. The summed E-state index contributed by atoms with van der Waals surface area (Å²) < 4.78 is 28.3. The van der Waals surface area contributed by atoms with Crippen LogP contribution in [0.15, 0.2) is 39.0 Å². The van der Waals surface area contributed by atoms with E-state index in [1.165, 1.54) is 15.6 Å². The summed E-state index contributed by atoms with van der Waals surface area (Å²) in [5.74, 6) is -0.263. The Bertz CT molecular complexity index is 935. The molecule has 1 saturated heterocycles. The van der Waals surface area contributed by atoms with Crippen LogP contribution in [0.25, 0.3) is 0 Å². The number of hydrogen-bond donors (Lipinski definition) is 1. The molecule has 6 nitrogen and oxygen atoms in total. The van der Waals surface area contributed by atoms with Crippen molar-refractivity contribution in [3.8, 4) is 0 Å². The van der Waals surface area contributed by atoms with Gasteiger partial charge in [-0.1, -0.05) is 6.42 Å². The average molecular weight is 472 g/mol. The second-order valence-electron chi connectivity index (χ2n) is 6.60. The van der Waals surface area contributed by atoms with Gasteiger partial charge in [-0.3, -0.25) is 4.79 Å². The number of amides is 1. The van der Waals surface area contributed by atoms with Gasteiger partial charge in [0.2, 0.25) is 10.0 Å². The molecule has 0 aliphatic carbocycles. The first kappa shape index (κ1) is 20.3. The number of rotatable bonds is 5. The van der Waals surface area contributed by atoms with Gasteiger partial charge in [0.15, 0.2) is 0 Å². The van der Waals surface area contributed by atoms with Crippen LogP contribution in [0.4, 0.5) is 11.4 Å². The van der Waals surface area contributed by atoms with Crippen molar-refractivity contribution in [2.24, 2.45) is 0 Å². The molecule has 1 aliphatic rings. The number of sulfonamides is 1. The minimum atomic E-state index is -3.56. The Morgan fingerprint density at radius 2 is 1.85 bits per heavy atom. The van der Waals surface area contributed by atoms with Crippen molar-refractivity contribution < 1.29 is 13.2 Å². The Labute approximate surface area is 172 Å². The topological polar surface area (TPSA) is 69.7 Å². The number of anilines is 2. The first-order valence-electron chi connectivity index (χ1n) is 8.67. The third kappa shape index (κ3) is 4.53. The van der Waals surface area contributed by atoms with Crippen LogP contribution in [0, 0.1) is 0 Å². The molecule has 27 heavy (non-hydrogen) atoms. The van der Waals surface area contributed by atoms with Crippen LogP contribution >= 0.6 is 27.3 Å². The predicted molar refractivity (Wildman–Crippen MR) is 113 cm³/mol. The lowest BCUT2D eigenvalue weighted by Gasteiger charge is -2.26. The molecule has 1 fully saturated rings. The lowest BCUT2D eigenvalue weighted by atomic mass is 10.2. The molecular weight excluding hydrogens is 450 g/mol. The number of thiophene rings is 1. The summed E-state index contributed by atoms with van der Waals surface area (Å²) in [6.45, 7) is 1.09. The summed E-state index contributed by atoms with van der Waals surface area (Å²) in [6.07, 6.45) is 2.82. The lowest BCUT2D eigenvalue weighted by molar-refractivity contribution is 0.103. The fraction of sp³-hybridized carbons (Fsp3) is 0.389. The third-order valence-corrected chi connectivity index (χ3v) is 7.96. The maximum absolute atomic E-state index is 13.0. The number of hydrogen-bond acceptors (Lipinski definition) is 5. The minimum Gasteiger partial charge on any atom is -0.376 e. The molecule has 0 atom stereocenters. The van der Waals surface area contributed by atoms with E-state index in [1.807, 2.05) is 25.1 Å². The van der Waals surface area contributed by atoms with E-state index in [1.54, 1.807) is 24.3 Å². The smallest absolute Gasteiger partial charge is 0.265 e. The second-order valence-corrected chi connectivity index (χ2v) is 11.0. The largest absolute Gasteiger partial charge is 0.376 e. The Morgan fingerprint density at radius 3 is 2.44 bits per heavy atom. The fourth-order valence-corrected chi connectivity index (χ4v) is 5.87. The molecule has 0 bridgehead atoms. The summed E-state index contributed by atoms with van der Waals surface area (Å²) in [5.41, 5.74) is 1.23. The van der Waals surface area contributed by atoms with E-state index >= 15 is 0 Å². The van der Waals surface area contributed by atoms with Crippen molar-refractivity contribution in [3.05, 3.63) is 39.0 Å². The van der Waals surface area contributed by atoms with Crippen LogP contribution in [0.3, 0.4) is 0 Å². The monoisotopic (exact) mass is 471 g/mol. The SMILES string of the molecule is CN(C)c1ccc(S(=O)(=O)N2CCCCC2)cc1NC(=O)c1ccc(Br)s1. The summed E-state index contributed by atoms with van der Waals surface area (Å²) in [6, 6.07) is 8.44. The predicted octanol–water partition coefficient (Wildman–Crippen LogP) is 4.00. The number of piperidine rings is 1. The van der Waals surface area contributed by atoms with Gasteiger partial charge in [0.1, 0.15) is 0 Å². The van der Waals surface area contributed by atoms with E-state index in [0.29, 0.717) is 23.7 Å². The Hall–Kier alpha value is -1.42. The molecule has 146 valence electrons. The van der Waals surface area contributed by atoms with Gasteiger partial charge in [-0.2, -0.15) is 4.31 Å². The fourth-order valence-electron chi connectivity index (χ4n) is 3.04. The number of benzene rings is 1. The standard InChI is InChI=1S/C18H22BrN3O3S2/c1-21(2)15-7-6-13(27(24,25)22-10-4-3-5-11-22)12-14(15)20-18(23)16-8-9-17(19)26-16/h6-9,12H,3-5,10-11H2,1-2H3,(H,20,23). The van der Waals surface area contributed by atoms with Gasteiger partial charge in [0.05, 0.1) is 24.9 Å². The van der Waals surface area contributed by atoms with Gasteiger partial charge in [-0.15, -0.1) is 11.3 Å². The maximum atomic E-state index is 13.0. The number of carbonyl (C=O) groups excluding carboxylic acids is 1. The molecule has 2 aromatic rings. The first-order valence-corrected chi connectivity index (χ1v) is 11.7. The van der Waals surface area contributed by atoms with Crippen molar-refractivity contribution in [1.82, 2.24) is 4.31 Å². The van der Waals surface area contributed by atoms with Crippen molar-refractivity contribution >= 4 is 54.6 Å². The van der Waals surface area contributed by atoms with E-state index in [9.17, 15) is 13.2 Å². The van der Waals surface area contributed by atoms with Crippen LogP contribution in [-0.4, -0.2) is 45.8 Å². The van der Waals surface area contributed by atoms with Gasteiger partial charge >= 0.3 is 0 Å². The van der Waals surface area contributed by atoms with Crippen LogP contribution in [-0.2, 0) is 10.0 Å². The van der Waals surface area contributed by atoms with E-state index in [2.05, 4.69) is 21.2 Å². The summed E-state index contributed by atoms with van der Waals surface area (Å²) in [5, 5.41) is 2.86. The second kappa shape index (κ2) is 8.30. The number of halogens is 1. The molecule has 0 unspecified atom stereocenters. The minimum absolute atomic E-state index is 0.206. The Morgan fingerprint density at radius 1 is 1.15 bits per heavy atom. The number of nitrogens with one attached hydrogen (secondary N) is 1. The van der Waals surface area contributed by atoms with Gasteiger partial charge in [-0.05, 0) is 59.1 Å². The molecule has 1 amide bonds. The highest BCUT2D eigenvalue weighted by molar-refractivity contribution is 9.11. The van der Waals surface area contributed by atoms with E-state index in [0.717, 1.165) is 28.7 Å². The highest BCUT2D eigenvalue weighted by Crippen LogP contribution is 2.31. The van der Waals surface area contributed by atoms with E-state index in [4.69, 9.17) is 0 Å². The molecule has 1 aromatic heterocycles. The van der Waals surface area contributed by atoms with Crippen LogP contribution in [0.2, 0.25) is 0 Å². The molecule has 3 rings (SSSR count). The summed E-state index contributed by atoms with van der Waals surface area (Å²) >= 11 is 4.68. The molecule has 1 aromatic carbocycles. The van der Waals surface area contributed by atoms with Gasteiger partial charge in [0.25, 0.3) is 5.91 Å². The molecule has 9 heteroatoms. The highest BCUT2D eigenvalue weighted by Gasteiger charge is 2.27. The quantitative estimate of drug-likeness (QED) is 0.714. The molecule has 1 aliphatic heterocycles. The Balaban J connectivity index is 1.94. The van der Waals surface area contributed by atoms with Gasteiger partial charge in [0, 0.05) is 27.2 Å². The summed E-state index contributed by atoms with van der Waals surface area (Å²) in [7, 11) is 0.141. The maximum Gasteiger partial charge on any atom is 0.265 e. The van der Waals surface area contributed by atoms with Crippen LogP contribution < -0.4 is 10.2 Å². The first-order chi connectivity index (χ1) is 12.8. The van der Waals surface area contributed by atoms with Gasteiger partial charge in [-0.25, -0.2) is 8.42 Å². The molecule has 0 radical (unpaired) electrons. The van der Waals surface area contributed by atoms with Gasteiger partial charge < -0.3 is 10.2 Å². The zero-order valence-corrected chi connectivity index (χ0v) is 18.5. The average Bonchev–Trinajstić information content (AvgIpc) is 3.08. The molecule has 1 N–H and O–H groups in total. The van der Waals surface area contributed by atoms with Crippen molar-refractivity contribution in [2.45, 2.75) is 24.2 Å². The van der Waals surface area contributed by atoms with Crippen molar-refractivity contribution in [1.29, 1.82) is 0 Å². The lowest BCUT2D eigenvalue weighted by Crippen LogP contribution is -2.35. The number of carbonyl (C=O) groups is 1. The zero-order valence-electron chi connectivity index (χ0n) is 15.2. The zero-order chi connectivity index (χ0) is 19.6. The molecule has 2 heterocycles. The van der Waals surface area contributed by atoms with Crippen LogP contribution in [0.5, 0.6) is 0 Å². The Kier molecular flexibility index (Phi) is 6.25. The third-order valence-electron chi connectivity index (χ3n) is 4.45. The van der Waals surface area contributed by atoms with E-state index < -0.39 is 10.0 Å². The van der Waals surface area contributed by atoms with E-state index in [-0.39, 0.29) is 10.8 Å². The van der Waals surface area contributed by atoms with Crippen molar-refractivity contribution in [3.63, 3.8) is 0 Å². The van der Waals surface area contributed by atoms with Crippen LogP contribution in [0.1, 0.15) is 28.9 Å². The number of nitrogens with zero attached hydrogens (tertiary/aromatic N) is 2. The molecule has 0 spiro atoms. The normalized spacial score (nSPS) is 15.5. The molecule has 0 saturated carbocycles.